The Labute approximate surface area is 110 Å². The lowest BCUT2D eigenvalue weighted by Crippen LogP contribution is -2.44. The van der Waals surface area contributed by atoms with E-state index in [1.165, 1.54) is 12.0 Å². The molecule has 0 spiro atoms. The number of nitrogens with zero attached hydrogens (tertiary/aromatic N) is 1. The largest absolute Gasteiger partial charge is 0.342 e. The van der Waals surface area contributed by atoms with Crippen molar-refractivity contribution in [2.45, 2.75) is 39.5 Å². The first-order valence-corrected chi connectivity index (χ1v) is 6.93. The molecule has 0 saturated carbocycles. The zero-order chi connectivity index (χ0) is 13.0. The molecule has 0 N–H and O–H groups in total. The Morgan fingerprint density at radius 3 is 2.33 bits per heavy atom. The van der Waals surface area contributed by atoms with Gasteiger partial charge in [0.05, 0.1) is 0 Å². The fourth-order valence-corrected chi connectivity index (χ4v) is 2.71. The van der Waals surface area contributed by atoms with E-state index < -0.39 is 0 Å². The summed E-state index contributed by atoms with van der Waals surface area (Å²) in [6.45, 7) is 6.02. The molecular weight excluding hydrogens is 222 g/mol. The fourth-order valence-electron chi connectivity index (χ4n) is 2.71. The number of carbonyl (C=O) groups excluding carboxylic acids is 1. The van der Waals surface area contributed by atoms with Crippen molar-refractivity contribution in [1.29, 1.82) is 0 Å². The summed E-state index contributed by atoms with van der Waals surface area (Å²) in [5, 5.41) is 0. The van der Waals surface area contributed by atoms with Gasteiger partial charge in [0, 0.05) is 18.5 Å². The zero-order valence-corrected chi connectivity index (χ0v) is 11.5. The summed E-state index contributed by atoms with van der Waals surface area (Å²) < 4.78 is 0. The molecule has 0 aromatic heterocycles. The normalized spacial score (nSPS) is 16.7. The number of piperidine rings is 1. The van der Waals surface area contributed by atoms with Crippen LogP contribution in [0.1, 0.15) is 38.7 Å². The highest BCUT2D eigenvalue weighted by Crippen LogP contribution is 2.26. The SMILES string of the molecule is CC(C)(Cc1ccccc1)C(=O)N1CCCCC1. The van der Waals surface area contributed by atoms with Crippen LogP contribution in [0.3, 0.4) is 0 Å². The second-order valence-electron chi connectivity index (χ2n) is 5.90. The van der Waals surface area contributed by atoms with Gasteiger partial charge in [-0.25, -0.2) is 0 Å². The third-order valence-corrected chi connectivity index (χ3v) is 3.71. The molecule has 1 fully saturated rings. The summed E-state index contributed by atoms with van der Waals surface area (Å²) in [5.74, 6) is 0.311. The second-order valence-corrected chi connectivity index (χ2v) is 5.90. The first-order valence-electron chi connectivity index (χ1n) is 6.93. The lowest BCUT2D eigenvalue weighted by Gasteiger charge is -2.34. The average molecular weight is 245 g/mol. The minimum Gasteiger partial charge on any atom is -0.342 e. The predicted octanol–water partition coefficient (Wildman–Crippen LogP) is 3.27. The molecule has 1 aliphatic heterocycles. The van der Waals surface area contributed by atoms with Gasteiger partial charge in [-0.05, 0) is 31.2 Å². The van der Waals surface area contributed by atoms with Crippen molar-refractivity contribution in [2.24, 2.45) is 5.41 Å². The third-order valence-electron chi connectivity index (χ3n) is 3.71. The van der Waals surface area contributed by atoms with Crippen molar-refractivity contribution < 1.29 is 4.79 Å². The summed E-state index contributed by atoms with van der Waals surface area (Å²) in [7, 11) is 0. The van der Waals surface area contributed by atoms with E-state index in [9.17, 15) is 4.79 Å². The average Bonchev–Trinajstić information content (AvgIpc) is 2.39. The van der Waals surface area contributed by atoms with Crippen LogP contribution in [0, 0.1) is 5.41 Å². The van der Waals surface area contributed by atoms with Crippen LogP contribution in [0.5, 0.6) is 0 Å². The van der Waals surface area contributed by atoms with Gasteiger partial charge in [0.1, 0.15) is 0 Å². The van der Waals surface area contributed by atoms with E-state index in [1.54, 1.807) is 0 Å². The molecule has 1 aliphatic rings. The minimum absolute atomic E-state index is 0.293. The van der Waals surface area contributed by atoms with Crippen LogP contribution in [-0.4, -0.2) is 23.9 Å². The maximum atomic E-state index is 12.6. The molecule has 0 radical (unpaired) electrons. The predicted molar refractivity (Wildman–Crippen MR) is 74.4 cm³/mol. The first-order chi connectivity index (χ1) is 8.59. The van der Waals surface area contributed by atoms with Crippen LogP contribution in [0.25, 0.3) is 0 Å². The summed E-state index contributed by atoms with van der Waals surface area (Å²) in [4.78, 5) is 14.6. The minimum atomic E-state index is -0.293. The molecule has 0 bridgehead atoms. The van der Waals surface area contributed by atoms with Gasteiger partial charge in [-0.2, -0.15) is 0 Å². The standard InChI is InChI=1S/C16H23NO/c1-16(2,13-14-9-5-3-6-10-14)15(18)17-11-7-4-8-12-17/h3,5-6,9-10H,4,7-8,11-13H2,1-2H3. The molecule has 18 heavy (non-hydrogen) atoms. The van der Waals surface area contributed by atoms with Gasteiger partial charge in [0.25, 0.3) is 0 Å². The maximum absolute atomic E-state index is 12.6. The second kappa shape index (κ2) is 5.55. The van der Waals surface area contributed by atoms with Crippen LogP contribution in [0.2, 0.25) is 0 Å². The highest BCUT2D eigenvalue weighted by atomic mass is 16.2. The number of likely N-dealkylation sites (tertiary alicyclic amines) is 1. The van der Waals surface area contributed by atoms with Crippen molar-refractivity contribution in [2.75, 3.05) is 13.1 Å². The summed E-state index contributed by atoms with van der Waals surface area (Å²) in [6.07, 6.45) is 4.41. The Morgan fingerprint density at radius 1 is 1.11 bits per heavy atom. The van der Waals surface area contributed by atoms with E-state index in [4.69, 9.17) is 0 Å². The lowest BCUT2D eigenvalue weighted by atomic mass is 9.84. The zero-order valence-electron chi connectivity index (χ0n) is 11.5. The molecule has 2 heteroatoms. The van der Waals surface area contributed by atoms with Gasteiger partial charge in [-0.15, -0.1) is 0 Å². The van der Waals surface area contributed by atoms with E-state index in [0.29, 0.717) is 5.91 Å². The molecule has 98 valence electrons. The van der Waals surface area contributed by atoms with Crippen molar-refractivity contribution in [3.05, 3.63) is 35.9 Å². The van der Waals surface area contributed by atoms with E-state index in [2.05, 4.69) is 26.0 Å². The van der Waals surface area contributed by atoms with E-state index >= 15 is 0 Å². The van der Waals surface area contributed by atoms with Gasteiger partial charge in [-0.1, -0.05) is 44.2 Å². The third kappa shape index (κ3) is 3.12. The van der Waals surface area contributed by atoms with Crippen molar-refractivity contribution in [1.82, 2.24) is 4.90 Å². The number of hydrogen-bond donors (Lipinski definition) is 0. The number of benzene rings is 1. The molecule has 1 aromatic rings. The Morgan fingerprint density at radius 2 is 1.72 bits per heavy atom. The first kappa shape index (κ1) is 13.1. The van der Waals surface area contributed by atoms with Gasteiger partial charge in [-0.3, -0.25) is 4.79 Å². The molecule has 2 rings (SSSR count). The topological polar surface area (TPSA) is 20.3 Å². The summed E-state index contributed by atoms with van der Waals surface area (Å²) >= 11 is 0. The maximum Gasteiger partial charge on any atom is 0.228 e. The summed E-state index contributed by atoms with van der Waals surface area (Å²) in [6, 6.07) is 10.3. The van der Waals surface area contributed by atoms with Crippen molar-refractivity contribution in [3.8, 4) is 0 Å². The Bertz CT molecular complexity index is 391. The molecule has 1 amide bonds. The van der Waals surface area contributed by atoms with Gasteiger partial charge < -0.3 is 4.90 Å². The molecular formula is C16H23NO. The van der Waals surface area contributed by atoms with Crippen LogP contribution >= 0.6 is 0 Å². The van der Waals surface area contributed by atoms with Crippen LogP contribution in [0.15, 0.2) is 30.3 Å². The number of rotatable bonds is 3. The van der Waals surface area contributed by atoms with Gasteiger partial charge in [0.2, 0.25) is 5.91 Å². The van der Waals surface area contributed by atoms with Crippen LogP contribution in [0.4, 0.5) is 0 Å². The molecule has 2 nitrogen and oxygen atoms in total. The van der Waals surface area contributed by atoms with Gasteiger partial charge in [0.15, 0.2) is 0 Å². The molecule has 0 atom stereocenters. The number of carbonyl (C=O) groups is 1. The Hall–Kier alpha value is -1.31. The van der Waals surface area contributed by atoms with E-state index in [0.717, 1.165) is 32.4 Å². The highest BCUT2D eigenvalue weighted by molar-refractivity contribution is 5.82. The van der Waals surface area contributed by atoms with Crippen molar-refractivity contribution in [3.63, 3.8) is 0 Å². The van der Waals surface area contributed by atoms with Crippen LogP contribution in [-0.2, 0) is 11.2 Å². The molecule has 1 saturated heterocycles. The molecule has 0 unspecified atom stereocenters. The number of amides is 1. The Balaban J connectivity index is 2.03. The summed E-state index contributed by atoms with van der Waals surface area (Å²) in [5.41, 5.74) is 0.950. The molecule has 0 aliphatic carbocycles. The molecule has 1 heterocycles. The fraction of sp³-hybridized carbons (Fsp3) is 0.562. The highest BCUT2D eigenvalue weighted by Gasteiger charge is 2.32. The lowest BCUT2D eigenvalue weighted by molar-refractivity contribution is -0.141. The van der Waals surface area contributed by atoms with Gasteiger partial charge >= 0.3 is 0 Å². The van der Waals surface area contributed by atoms with E-state index in [1.807, 2.05) is 23.1 Å². The molecule has 1 aromatic carbocycles. The number of hydrogen-bond acceptors (Lipinski definition) is 1. The quantitative estimate of drug-likeness (QED) is 0.800. The Kier molecular flexibility index (Phi) is 4.05. The monoisotopic (exact) mass is 245 g/mol. The smallest absolute Gasteiger partial charge is 0.228 e. The van der Waals surface area contributed by atoms with Crippen LogP contribution < -0.4 is 0 Å². The van der Waals surface area contributed by atoms with E-state index in [-0.39, 0.29) is 5.41 Å². The van der Waals surface area contributed by atoms with Crippen molar-refractivity contribution >= 4 is 5.91 Å².